The lowest BCUT2D eigenvalue weighted by Crippen LogP contribution is -2.36. The van der Waals surface area contributed by atoms with Crippen LogP contribution < -0.4 is 9.64 Å². The molecule has 0 spiro atoms. The van der Waals surface area contributed by atoms with E-state index < -0.39 is 0 Å². The van der Waals surface area contributed by atoms with Crippen molar-refractivity contribution in [1.82, 2.24) is 0 Å². The average molecular weight is 434 g/mol. The summed E-state index contributed by atoms with van der Waals surface area (Å²) in [5, 5.41) is 0. The molecule has 6 heteroatoms. The lowest BCUT2D eigenvalue weighted by molar-refractivity contribution is -0.119. The van der Waals surface area contributed by atoms with Crippen molar-refractivity contribution in [3.05, 3.63) is 57.8 Å². The fourth-order valence-electron chi connectivity index (χ4n) is 3.24. The molecule has 3 rings (SSSR count). The summed E-state index contributed by atoms with van der Waals surface area (Å²) in [6, 6.07) is 10.2. The zero-order valence-electron chi connectivity index (χ0n) is 15.1. The Labute approximate surface area is 166 Å². The molecule has 27 heavy (non-hydrogen) atoms. The van der Waals surface area contributed by atoms with E-state index in [2.05, 4.69) is 15.9 Å². The summed E-state index contributed by atoms with van der Waals surface area (Å²) in [5.74, 6) is 0.210. The van der Waals surface area contributed by atoms with Gasteiger partial charge in [0.2, 0.25) is 5.91 Å². The van der Waals surface area contributed by atoms with Gasteiger partial charge >= 0.3 is 0 Å². The summed E-state index contributed by atoms with van der Waals surface area (Å²) < 4.78 is 20.7. The lowest BCUT2D eigenvalue weighted by Gasteiger charge is -2.30. The first-order valence-corrected chi connectivity index (χ1v) is 9.77. The third-order valence-corrected chi connectivity index (χ3v) is 5.03. The summed E-state index contributed by atoms with van der Waals surface area (Å²) >= 11 is 3.31. The maximum Gasteiger partial charge on any atom is 0.227 e. The summed E-state index contributed by atoms with van der Waals surface area (Å²) in [7, 11) is 0. The number of hydrogen-bond acceptors (Lipinski definition) is 3. The predicted molar refractivity (Wildman–Crippen MR) is 106 cm³/mol. The molecule has 4 nitrogen and oxygen atoms in total. The third-order valence-electron chi connectivity index (χ3n) is 4.57. The van der Waals surface area contributed by atoms with E-state index in [0.717, 1.165) is 18.4 Å². The van der Waals surface area contributed by atoms with Gasteiger partial charge in [0.1, 0.15) is 11.6 Å². The standard InChI is InChI=1S/C21H21BrFNO3/c1-14(25)15-6-8-18(9-7-15)27-11-3-5-20(26)24-10-2-4-16-12-17(22)13-19(23)21(16)24/h6-9,12-13H,2-5,10-11H2,1H3. The highest BCUT2D eigenvalue weighted by Crippen LogP contribution is 2.33. The van der Waals surface area contributed by atoms with Gasteiger partial charge in [0.05, 0.1) is 12.3 Å². The van der Waals surface area contributed by atoms with Crippen LogP contribution in [0.3, 0.4) is 0 Å². The topological polar surface area (TPSA) is 46.6 Å². The Hall–Kier alpha value is -2.21. The lowest BCUT2D eigenvalue weighted by atomic mass is 10.0. The summed E-state index contributed by atoms with van der Waals surface area (Å²) in [5.41, 5.74) is 1.91. The van der Waals surface area contributed by atoms with Crippen LogP contribution in [0.2, 0.25) is 0 Å². The van der Waals surface area contributed by atoms with E-state index in [-0.39, 0.29) is 17.5 Å². The molecule has 0 aromatic heterocycles. The Morgan fingerprint density at radius 1 is 1.22 bits per heavy atom. The Morgan fingerprint density at radius 3 is 2.67 bits per heavy atom. The molecule has 0 saturated carbocycles. The van der Waals surface area contributed by atoms with Crippen molar-refractivity contribution in [2.24, 2.45) is 0 Å². The largest absolute Gasteiger partial charge is 0.494 e. The highest BCUT2D eigenvalue weighted by molar-refractivity contribution is 9.10. The number of Topliss-reactive ketones (excluding diaryl/α,β-unsaturated/α-hetero) is 1. The first-order chi connectivity index (χ1) is 13.0. The highest BCUT2D eigenvalue weighted by atomic mass is 79.9. The van der Waals surface area contributed by atoms with E-state index in [4.69, 9.17) is 4.74 Å². The van der Waals surface area contributed by atoms with Crippen LogP contribution in [0.5, 0.6) is 5.75 Å². The van der Waals surface area contributed by atoms with Crippen molar-refractivity contribution in [2.75, 3.05) is 18.1 Å². The Kier molecular flexibility index (Phi) is 6.26. The van der Waals surface area contributed by atoms with Crippen LogP contribution in [0, 0.1) is 5.82 Å². The second-order valence-electron chi connectivity index (χ2n) is 6.58. The highest BCUT2D eigenvalue weighted by Gasteiger charge is 2.25. The molecule has 1 aliphatic heterocycles. The van der Waals surface area contributed by atoms with Crippen LogP contribution in [0.15, 0.2) is 40.9 Å². The number of carbonyl (C=O) groups is 2. The number of ketones is 1. The van der Waals surface area contributed by atoms with E-state index in [9.17, 15) is 14.0 Å². The summed E-state index contributed by atoms with van der Waals surface area (Å²) in [4.78, 5) is 25.4. The molecule has 0 radical (unpaired) electrons. The molecule has 142 valence electrons. The van der Waals surface area contributed by atoms with E-state index in [1.807, 2.05) is 6.07 Å². The van der Waals surface area contributed by atoms with Gasteiger partial charge in [-0.2, -0.15) is 0 Å². The molecule has 1 heterocycles. The van der Waals surface area contributed by atoms with Crippen molar-refractivity contribution in [3.8, 4) is 5.75 Å². The van der Waals surface area contributed by atoms with Crippen LogP contribution in [-0.2, 0) is 11.2 Å². The van der Waals surface area contributed by atoms with Crippen LogP contribution in [-0.4, -0.2) is 24.8 Å². The zero-order valence-corrected chi connectivity index (χ0v) is 16.7. The minimum Gasteiger partial charge on any atom is -0.494 e. The van der Waals surface area contributed by atoms with Gasteiger partial charge < -0.3 is 9.64 Å². The van der Waals surface area contributed by atoms with Crippen molar-refractivity contribution in [3.63, 3.8) is 0 Å². The van der Waals surface area contributed by atoms with E-state index >= 15 is 0 Å². The first-order valence-electron chi connectivity index (χ1n) is 8.98. The molecule has 0 fully saturated rings. The predicted octanol–water partition coefficient (Wildman–Crippen LogP) is 4.93. The van der Waals surface area contributed by atoms with Crippen LogP contribution in [0.1, 0.15) is 42.1 Å². The van der Waals surface area contributed by atoms with Gasteiger partial charge in [-0.15, -0.1) is 0 Å². The fraction of sp³-hybridized carbons (Fsp3) is 0.333. The smallest absolute Gasteiger partial charge is 0.227 e. The molecule has 1 amide bonds. The zero-order chi connectivity index (χ0) is 19.4. The molecule has 0 aliphatic carbocycles. The van der Waals surface area contributed by atoms with Crippen molar-refractivity contribution in [2.45, 2.75) is 32.6 Å². The number of benzene rings is 2. The Balaban J connectivity index is 1.54. The molecule has 0 N–H and O–H groups in total. The second-order valence-corrected chi connectivity index (χ2v) is 7.49. The van der Waals surface area contributed by atoms with E-state index in [1.54, 1.807) is 29.2 Å². The number of hydrogen-bond donors (Lipinski definition) is 0. The third kappa shape index (κ3) is 4.75. The first kappa shape index (κ1) is 19.5. The SMILES string of the molecule is CC(=O)c1ccc(OCCCC(=O)N2CCCc3cc(Br)cc(F)c32)cc1. The molecule has 2 aromatic rings. The van der Waals surface area contributed by atoms with Gasteiger partial charge in [-0.3, -0.25) is 9.59 Å². The average Bonchev–Trinajstić information content (AvgIpc) is 2.64. The molecular weight excluding hydrogens is 413 g/mol. The Bertz CT molecular complexity index is 851. The molecule has 0 saturated heterocycles. The summed E-state index contributed by atoms with van der Waals surface area (Å²) in [6.07, 6.45) is 2.43. The van der Waals surface area contributed by atoms with Crippen molar-refractivity contribution < 1.29 is 18.7 Å². The van der Waals surface area contributed by atoms with Crippen LogP contribution >= 0.6 is 15.9 Å². The van der Waals surface area contributed by atoms with Gasteiger partial charge in [-0.1, -0.05) is 15.9 Å². The van der Waals surface area contributed by atoms with Crippen molar-refractivity contribution in [1.29, 1.82) is 0 Å². The maximum atomic E-state index is 14.4. The molecule has 2 aromatic carbocycles. The molecule has 0 bridgehead atoms. The normalized spacial score (nSPS) is 13.2. The quantitative estimate of drug-likeness (QED) is 0.479. The molecular formula is C21H21BrFNO3. The van der Waals surface area contributed by atoms with Gasteiger partial charge in [0, 0.05) is 23.0 Å². The number of ether oxygens (including phenoxy) is 1. The summed E-state index contributed by atoms with van der Waals surface area (Å²) in [6.45, 7) is 2.44. The number of carbonyl (C=O) groups excluding carboxylic acids is 2. The maximum absolute atomic E-state index is 14.4. The van der Waals surface area contributed by atoms with E-state index in [0.29, 0.717) is 47.5 Å². The van der Waals surface area contributed by atoms with Gasteiger partial charge in [-0.05, 0) is 68.1 Å². The number of rotatable bonds is 6. The van der Waals surface area contributed by atoms with Crippen LogP contribution in [0.25, 0.3) is 0 Å². The fourth-order valence-corrected chi connectivity index (χ4v) is 3.71. The second kappa shape index (κ2) is 8.65. The number of aryl methyl sites for hydroxylation is 1. The van der Waals surface area contributed by atoms with Crippen LogP contribution in [0.4, 0.5) is 10.1 Å². The monoisotopic (exact) mass is 433 g/mol. The Morgan fingerprint density at radius 2 is 1.96 bits per heavy atom. The minimum absolute atomic E-state index is 0.00761. The number of amides is 1. The van der Waals surface area contributed by atoms with Gasteiger partial charge in [-0.25, -0.2) is 4.39 Å². The number of halogens is 2. The molecule has 1 aliphatic rings. The van der Waals surface area contributed by atoms with Gasteiger partial charge in [0.25, 0.3) is 0 Å². The number of anilines is 1. The molecule has 0 atom stereocenters. The number of fused-ring (bicyclic) bond motifs is 1. The van der Waals surface area contributed by atoms with Gasteiger partial charge in [0.15, 0.2) is 5.78 Å². The minimum atomic E-state index is -0.366. The molecule has 0 unspecified atom stereocenters. The number of nitrogens with zero attached hydrogens (tertiary/aromatic N) is 1. The van der Waals surface area contributed by atoms with E-state index in [1.165, 1.54) is 13.0 Å². The van der Waals surface area contributed by atoms with Crippen molar-refractivity contribution >= 4 is 33.3 Å².